The number of hydrogen-bond acceptors (Lipinski definition) is 6. The molecule has 8 heteroatoms. The summed E-state index contributed by atoms with van der Waals surface area (Å²) in [4.78, 5) is 13.8. The number of fused-ring (bicyclic) bond motifs is 1. The van der Waals surface area contributed by atoms with Gasteiger partial charge in [-0.15, -0.1) is 0 Å². The normalized spacial score (nSPS) is 29.4. The Balaban J connectivity index is 1.77. The van der Waals surface area contributed by atoms with E-state index in [0.29, 0.717) is 36.2 Å². The second kappa shape index (κ2) is 6.51. The van der Waals surface area contributed by atoms with Crippen molar-refractivity contribution >= 4 is 15.7 Å². The van der Waals surface area contributed by atoms with Crippen molar-refractivity contribution in [3.05, 3.63) is 52.4 Å². The number of amides is 1. The smallest absolute Gasteiger partial charge is 0.250 e. The molecular formula is C23H28N4O3S. The maximum atomic E-state index is 13.5. The highest BCUT2D eigenvalue weighted by molar-refractivity contribution is 7.92. The van der Waals surface area contributed by atoms with Crippen LogP contribution in [-0.2, 0) is 20.0 Å². The molecule has 0 bridgehead atoms. The molecule has 0 spiro atoms. The Hall–Kier alpha value is -2.48. The van der Waals surface area contributed by atoms with Crippen molar-refractivity contribution in [2.45, 2.75) is 80.6 Å². The molecule has 1 saturated carbocycles. The van der Waals surface area contributed by atoms with Gasteiger partial charge in [0.2, 0.25) is 0 Å². The summed E-state index contributed by atoms with van der Waals surface area (Å²) >= 11 is 0. The van der Waals surface area contributed by atoms with Crippen molar-refractivity contribution in [1.82, 2.24) is 10.6 Å². The molecule has 1 aromatic rings. The standard InChI is InChI=1S/C23H28N4O3S/c1-5-23(14-7-6-8-16(11-14)31(29,30)15-9-10-15)18-13(2)26-27-20(18)24-17-12-22(3,4)25-21(28)19(17)23/h6-8,11,15,20,24H,5,9-10,12H2,1-4H3,(H,25,28). The van der Waals surface area contributed by atoms with Crippen molar-refractivity contribution in [2.24, 2.45) is 10.2 Å². The molecule has 0 saturated heterocycles. The highest BCUT2D eigenvalue weighted by Crippen LogP contribution is 2.53. The first-order chi connectivity index (χ1) is 14.6. The van der Waals surface area contributed by atoms with Gasteiger partial charge in [-0.05, 0) is 57.7 Å². The van der Waals surface area contributed by atoms with E-state index < -0.39 is 15.3 Å². The van der Waals surface area contributed by atoms with Crippen molar-refractivity contribution in [1.29, 1.82) is 0 Å². The topological polar surface area (TPSA) is 100.0 Å². The van der Waals surface area contributed by atoms with Crippen molar-refractivity contribution in [3.8, 4) is 0 Å². The second-order valence-electron chi connectivity index (χ2n) is 9.66. The molecule has 4 aliphatic rings. The van der Waals surface area contributed by atoms with Crippen LogP contribution < -0.4 is 10.6 Å². The molecule has 5 rings (SSSR count). The molecule has 1 fully saturated rings. The summed E-state index contributed by atoms with van der Waals surface area (Å²) < 4.78 is 26.0. The third-order valence-electron chi connectivity index (χ3n) is 6.93. The van der Waals surface area contributed by atoms with Crippen molar-refractivity contribution < 1.29 is 13.2 Å². The van der Waals surface area contributed by atoms with E-state index in [0.717, 1.165) is 22.5 Å². The quantitative estimate of drug-likeness (QED) is 0.748. The molecule has 2 N–H and O–H groups in total. The van der Waals surface area contributed by atoms with E-state index in [1.165, 1.54) is 0 Å². The van der Waals surface area contributed by atoms with Crippen LogP contribution in [0.4, 0.5) is 0 Å². The molecule has 3 heterocycles. The number of nitrogens with one attached hydrogen (secondary N) is 2. The molecule has 164 valence electrons. The van der Waals surface area contributed by atoms with E-state index in [-0.39, 0.29) is 22.9 Å². The molecule has 1 aromatic carbocycles. The van der Waals surface area contributed by atoms with E-state index in [1.54, 1.807) is 18.2 Å². The Morgan fingerprint density at radius 3 is 2.65 bits per heavy atom. The maximum Gasteiger partial charge on any atom is 0.250 e. The van der Waals surface area contributed by atoms with Gasteiger partial charge in [-0.25, -0.2) is 8.42 Å². The van der Waals surface area contributed by atoms with Crippen molar-refractivity contribution in [3.63, 3.8) is 0 Å². The first-order valence-electron chi connectivity index (χ1n) is 10.9. The van der Waals surface area contributed by atoms with Gasteiger partial charge in [0.1, 0.15) is 0 Å². The van der Waals surface area contributed by atoms with Crippen LogP contribution in [-0.4, -0.2) is 31.3 Å². The average molecular weight is 441 g/mol. The first-order valence-corrected chi connectivity index (χ1v) is 12.4. The van der Waals surface area contributed by atoms with Crippen LogP contribution >= 0.6 is 0 Å². The maximum absolute atomic E-state index is 13.5. The van der Waals surface area contributed by atoms with Gasteiger partial charge in [-0.1, -0.05) is 19.1 Å². The lowest BCUT2D eigenvalue weighted by atomic mass is 9.61. The van der Waals surface area contributed by atoms with E-state index in [9.17, 15) is 13.2 Å². The lowest BCUT2D eigenvalue weighted by molar-refractivity contribution is -0.120. The van der Waals surface area contributed by atoms with E-state index in [2.05, 4.69) is 20.9 Å². The summed E-state index contributed by atoms with van der Waals surface area (Å²) in [5.41, 5.74) is 2.89. The fourth-order valence-corrected chi connectivity index (χ4v) is 7.13. The monoisotopic (exact) mass is 440 g/mol. The SMILES string of the molecule is CCC1(c2cccc(S(=O)(=O)C3CC3)c2)C2=C(CC(C)(C)NC2=O)NC2N=NC(C)=C21. The zero-order chi connectivity index (χ0) is 22.2. The number of carbonyl (C=O) groups is 1. The molecule has 2 unspecified atom stereocenters. The predicted octanol–water partition coefficient (Wildman–Crippen LogP) is 3.49. The summed E-state index contributed by atoms with van der Waals surface area (Å²) in [6.45, 7) is 7.95. The number of rotatable bonds is 4. The van der Waals surface area contributed by atoms with Crippen LogP contribution in [0.1, 0.15) is 58.9 Å². The van der Waals surface area contributed by atoms with Gasteiger partial charge in [-0.2, -0.15) is 10.2 Å². The zero-order valence-electron chi connectivity index (χ0n) is 18.3. The van der Waals surface area contributed by atoms with E-state index >= 15 is 0 Å². The molecule has 7 nitrogen and oxygen atoms in total. The Labute approximate surface area is 183 Å². The lowest BCUT2D eigenvalue weighted by Gasteiger charge is -2.48. The molecule has 1 amide bonds. The van der Waals surface area contributed by atoms with Gasteiger partial charge in [-0.3, -0.25) is 4.79 Å². The predicted molar refractivity (Wildman–Crippen MR) is 117 cm³/mol. The number of allylic oxidation sites excluding steroid dienone is 1. The Bertz CT molecular complexity index is 1190. The third-order valence-corrected chi connectivity index (χ3v) is 9.19. The van der Waals surface area contributed by atoms with Gasteiger partial charge < -0.3 is 10.6 Å². The molecule has 31 heavy (non-hydrogen) atoms. The van der Waals surface area contributed by atoms with Crippen LogP contribution in [0.25, 0.3) is 0 Å². The largest absolute Gasteiger partial charge is 0.362 e. The zero-order valence-corrected chi connectivity index (χ0v) is 19.1. The molecule has 2 atom stereocenters. The van der Waals surface area contributed by atoms with Gasteiger partial charge in [0.05, 0.1) is 26.8 Å². The molecule has 3 aliphatic heterocycles. The molecule has 0 radical (unpaired) electrons. The molecule has 1 aliphatic carbocycles. The van der Waals surface area contributed by atoms with Gasteiger partial charge >= 0.3 is 0 Å². The van der Waals surface area contributed by atoms with Crippen molar-refractivity contribution in [2.75, 3.05) is 0 Å². The number of carbonyl (C=O) groups excluding carboxylic acids is 1. The number of azo groups is 1. The average Bonchev–Trinajstić information content (AvgIpc) is 3.50. The summed E-state index contributed by atoms with van der Waals surface area (Å²) in [6, 6.07) is 7.18. The highest BCUT2D eigenvalue weighted by atomic mass is 32.2. The van der Waals surface area contributed by atoms with Gasteiger partial charge in [0.25, 0.3) is 5.91 Å². The van der Waals surface area contributed by atoms with E-state index in [1.807, 2.05) is 33.8 Å². The summed E-state index contributed by atoms with van der Waals surface area (Å²) in [7, 11) is -3.35. The summed E-state index contributed by atoms with van der Waals surface area (Å²) in [6.07, 6.45) is 2.33. The minimum absolute atomic E-state index is 0.123. The Kier molecular flexibility index (Phi) is 4.29. The highest BCUT2D eigenvalue weighted by Gasteiger charge is 2.54. The minimum Gasteiger partial charge on any atom is -0.362 e. The van der Waals surface area contributed by atoms with Crippen LogP contribution in [0.3, 0.4) is 0 Å². The lowest BCUT2D eigenvalue weighted by Crippen LogP contribution is -2.58. The van der Waals surface area contributed by atoms with Crippen LogP contribution in [0, 0.1) is 0 Å². The number of sulfone groups is 1. The third kappa shape index (κ3) is 2.91. The number of benzene rings is 1. The summed E-state index contributed by atoms with van der Waals surface area (Å²) in [5.74, 6) is -0.123. The van der Waals surface area contributed by atoms with Gasteiger partial charge in [0.15, 0.2) is 16.0 Å². The molecule has 0 aromatic heterocycles. The molecular weight excluding hydrogens is 412 g/mol. The number of nitrogens with zero attached hydrogens (tertiary/aromatic N) is 2. The fraction of sp³-hybridized carbons (Fsp3) is 0.522. The van der Waals surface area contributed by atoms with Crippen LogP contribution in [0.2, 0.25) is 0 Å². The van der Waals surface area contributed by atoms with Gasteiger partial charge in [0, 0.05) is 23.2 Å². The fourth-order valence-electron chi connectivity index (χ4n) is 5.43. The Morgan fingerprint density at radius 1 is 1.23 bits per heavy atom. The first kappa shape index (κ1) is 20.4. The summed E-state index contributed by atoms with van der Waals surface area (Å²) in [5, 5.41) is 15.1. The second-order valence-corrected chi connectivity index (χ2v) is 11.9. The van der Waals surface area contributed by atoms with E-state index in [4.69, 9.17) is 0 Å². The Morgan fingerprint density at radius 2 is 1.97 bits per heavy atom. The van der Waals surface area contributed by atoms with Crippen LogP contribution in [0.15, 0.2) is 61.9 Å². The van der Waals surface area contributed by atoms with Crippen LogP contribution in [0.5, 0.6) is 0 Å². The number of hydrogen-bond donors (Lipinski definition) is 2. The minimum atomic E-state index is -3.35.